The van der Waals surface area contributed by atoms with Gasteiger partial charge in [0.05, 0.1) is 5.39 Å². The lowest BCUT2D eigenvalue weighted by Crippen LogP contribution is -2.49. The van der Waals surface area contributed by atoms with Gasteiger partial charge in [0.15, 0.2) is 10.8 Å². The lowest BCUT2D eigenvalue weighted by molar-refractivity contribution is 0.0741. The molecule has 0 saturated carbocycles. The second-order valence-corrected chi connectivity index (χ2v) is 8.32. The molecule has 0 radical (unpaired) electrons. The molecule has 5 heterocycles. The van der Waals surface area contributed by atoms with Gasteiger partial charge < -0.3 is 14.2 Å². The third-order valence-electron chi connectivity index (χ3n) is 4.78. The van der Waals surface area contributed by atoms with Crippen molar-refractivity contribution in [2.75, 3.05) is 31.1 Å². The van der Waals surface area contributed by atoms with Gasteiger partial charge in [0, 0.05) is 31.6 Å². The quantitative estimate of drug-likeness (QED) is 0.512. The molecule has 1 fully saturated rings. The summed E-state index contributed by atoms with van der Waals surface area (Å²) in [7, 11) is 0. The average Bonchev–Trinajstić information content (AvgIpc) is 3.47. The first-order valence-corrected chi connectivity index (χ1v) is 10.7. The first-order valence-electron chi connectivity index (χ1n) is 8.94. The molecule has 7 nitrogen and oxygen atoms in total. The Balaban J connectivity index is 1.28. The molecular formula is C19H17N5O2S2. The number of fused-ring (bicyclic) bond motifs is 1. The van der Waals surface area contributed by atoms with Crippen molar-refractivity contribution in [2.24, 2.45) is 0 Å². The molecule has 142 valence electrons. The summed E-state index contributed by atoms with van der Waals surface area (Å²) in [5.41, 5.74) is 0.477. The summed E-state index contributed by atoms with van der Waals surface area (Å²) in [6.07, 6.45) is 1.61. The molecule has 1 saturated heterocycles. The van der Waals surface area contributed by atoms with Crippen LogP contribution in [-0.2, 0) is 0 Å². The summed E-state index contributed by atoms with van der Waals surface area (Å²) in [4.78, 5) is 31.2. The topological polar surface area (TPSA) is 75.4 Å². The van der Waals surface area contributed by atoms with Gasteiger partial charge in [-0.2, -0.15) is 0 Å². The average molecular weight is 412 g/mol. The lowest BCUT2D eigenvalue weighted by Gasteiger charge is -2.35. The van der Waals surface area contributed by atoms with E-state index >= 15 is 0 Å². The zero-order valence-corrected chi connectivity index (χ0v) is 16.8. The predicted molar refractivity (Wildman–Crippen MR) is 110 cm³/mol. The highest BCUT2D eigenvalue weighted by atomic mass is 32.1. The molecule has 5 rings (SSSR count). The summed E-state index contributed by atoms with van der Waals surface area (Å²) < 4.78 is 5.60. The summed E-state index contributed by atoms with van der Waals surface area (Å²) in [5, 5.41) is 5.64. The number of piperazine rings is 1. The van der Waals surface area contributed by atoms with E-state index in [0.29, 0.717) is 24.5 Å². The molecule has 0 bridgehead atoms. The standard InChI is InChI=1S/C19H17N5O2S2/c1-12-2-3-15(26-12)18-22-14(10-28-18)19(25)24-7-5-23(6-8-24)16-13-4-9-27-17(13)21-11-20-16/h2-4,9-11H,5-8H2,1H3. The minimum atomic E-state index is -0.0335. The molecule has 0 unspecified atom stereocenters. The number of thiophene rings is 1. The summed E-state index contributed by atoms with van der Waals surface area (Å²) in [5.74, 6) is 2.45. The molecular weight excluding hydrogens is 394 g/mol. The first kappa shape index (κ1) is 17.3. The van der Waals surface area contributed by atoms with E-state index in [1.807, 2.05) is 29.3 Å². The fourth-order valence-electron chi connectivity index (χ4n) is 3.35. The van der Waals surface area contributed by atoms with Crippen molar-refractivity contribution in [1.82, 2.24) is 19.9 Å². The Bertz CT molecular complexity index is 1140. The summed E-state index contributed by atoms with van der Waals surface area (Å²) in [6.45, 7) is 4.65. The molecule has 0 aliphatic carbocycles. The number of furan rings is 1. The fourth-order valence-corrected chi connectivity index (χ4v) is 4.83. The van der Waals surface area contributed by atoms with Crippen molar-refractivity contribution in [2.45, 2.75) is 6.92 Å². The van der Waals surface area contributed by atoms with E-state index in [1.54, 1.807) is 23.0 Å². The molecule has 1 aliphatic heterocycles. The maximum absolute atomic E-state index is 12.9. The van der Waals surface area contributed by atoms with Gasteiger partial charge in [-0.05, 0) is 30.5 Å². The van der Waals surface area contributed by atoms with Gasteiger partial charge in [-0.1, -0.05) is 0 Å². The van der Waals surface area contributed by atoms with E-state index in [-0.39, 0.29) is 5.91 Å². The van der Waals surface area contributed by atoms with Crippen molar-refractivity contribution in [3.63, 3.8) is 0 Å². The van der Waals surface area contributed by atoms with Crippen molar-refractivity contribution in [1.29, 1.82) is 0 Å². The van der Waals surface area contributed by atoms with Crippen LogP contribution in [0.5, 0.6) is 0 Å². The highest BCUT2D eigenvalue weighted by Crippen LogP contribution is 2.28. The van der Waals surface area contributed by atoms with E-state index in [9.17, 15) is 4.79 Å². The number of nitrogens with zero attached hydrogens (tertiary/aromatic N) is 5. The first-order chi connectivity index (χ1) is 13.7. The Morgan fingerprint density at radius 1 is 1.11 bits per heavy atom. The minimum absolute atomic E-state index is 0.0335. The van der Waals surface area contributed by atoms with Crippen LogP contribution in [0.1, 0.15) is 16.2 Å². The molecule has 0 atom stereocenters. The molecule has 0 spiro atoms. The molecule has 28 heavy (non-hydrogen) atoms. The van der Waals surface area contributed by atoms with Crippen molar-refractivity contribution in [3.05, 3.63) is 46.7 Å². The Kier molecular flexibility index (Phi) is 4.33. The van der Waals surface area contributed by atoms with Gasteiger partial charge in [0.2, 0.25) is 0 Å². The van der Waals surface area contributed by atoms with Crippen LogP contribution in [0, 0.1) is 6.92 Å². The third kappa shape index (κ3) is 3.06. The molecule has 9 heteroatoms. The molecule has 1 aliphatic rings. The van der Waals surface area contributed by atoms with Crippen molar-refractivity contribution < 1.29 is 9.21 Å². The second kappa shape index (κ2) is 6.99. The molecule has 4 aromatic rings. The number of rotatable bonds is 3. The number of amides is 1. The van der Waals surface area contributed by atoms with Gasteiger partial charge in [0.1, 0.15) is 28.4 Å². The van der Waals surface area contributed by atoms with Crippen LogP contribution in [0.25, 0.3) is 21.0 Å². The molecule has 0 aromatic carbocycles. The SMILES string of the molecule is Cc1ccc(-c2nc(C(=O)N3CCN(c4ncnc5sccc45)CC3)cs2)o1. The van der Waals surface area contributed by atoms with E-state index < -0.39 is 0 Å². The highest BCUT2D eigenvalue weighted by molar-refractivity contribution is 7.16. The number of aryl methyl sites for hydroxylation is 1. The fraction of sp³-hybridized carbons (Fsp3) is 0.263. The maximum atomic E-state index is 12.9. The maximum Gasteiger partial charge on any atom is 0.273 e. The number of hydrogen-bond acceptors (Lipinski definition) is 8. The highest BCUT2D eigenvalue weighted by Gasteiger charge is 2.26. The van der Waals surface area contributed by atoms with Crippen molar-refractivity contribution >= 4 is 44.6 Å². The number of thiazole rings is 1. The van der Waals surface area contributed by atoms with Crippen LogP contribution in [0.3, 0.4) is 0 Å². The van der Waals surface area contributed by atoms with Crippen LogP contribution >= 0.6 is 22.7 Å². The third-order valence-corrected chi connectivity index (χ3v) is 6.46. The normalized spacial score (nSPS) is 14.8. The predicted octanol–water partition coefficient (Wildman–Crippen LogP) is 3.68. The Labute approximate surface area is 169 Å². The largest absolute Gasteiger partial charge is 0.459 e. The lowest BCUT2D eigenvalue weighted by atomic mass is 10.2. The van der Waals surface area contributed by atoms with Crippen molar-refractivity contribution in [3.8, 4) is 10.8 Å². The smallest absolute Gasteiger partial charge is 0.273 e. The van der Waals surface area contributed by atoms with E-state index in [2.05, 4.69) is 25.9 Å². The Morgan fingerprint density at radius 3 is 2.75 bits per heavy atom. The summed E-state index contributed by atoms with van der Waals surface area (Å²) in [6, 6.07) is 5.84. The van der Waals surface area contributed by atoms with Crippen LogP contribution in [-0.4, -0.2) is 51.9 Å². The van der Waals surface area contributed by atoms with E-state index in [0.717, 1.165) is 39.9 Å². The Morgan fingerprint density at radius 2 is 1.96 bits per heavy atom. The molecule has 4 aromatic heterocycles. The van der Waals surface area contributed by atoms with E-state index in [4.69, 9.17) is 4.42 Å². The van der Waals surface area contributed by atoms with Gasteiger partial charge >= 0.3 is 0 Å². The zero-order valence-electron chi connectivity index (χ0n) is 15.2. The number of aromatic nitrogens is 3. The molecule has 0 N–H and O–H groups in total. The number of hydrogen-bond donors (Lipinski definition) is 0. The summed E-state index contributed by atoms with van der Waals surface area (Å²) >= 11 is 3.04. The molecule has 1 amide bonds. The Hall–Kier alpha value is -2.78. The number of carbonyl (C=O) groups excluding carboxylic acids is 1. The van der Waals surface area contributed by atoms with Gasteiger partial charge in [0.25, 0.3) is 5.91 Å². The van der Waals surface area contributed by atoms with Crippen LogP contribution < -0.4 is 4.90 Å². The van der Waals surface area contributed by atoms with Gasteiger partial charge in [-0.25, -0.2) is 15.0 Å². The van der Waals surface area contributed by atoms with Gasteiger partial charge in [-0.15, -0.1) is 22.7 Å². The minimum Gasteiger partial charge on any atom is -0.459 e. The monoisotopic (exact) mass is 411 g/mol. The second-order valence-electron chi connectivity index (χ2n) is 6.56. The van der Waals surface area contributed by atoms with Crippen LogP contribution in [0.2, 0.25) is 0 Å². The number of carbonyl (C=O) groups is 1. The zero-order chi connectivity index (χ0) is 19.1. The van der Waals surface area contributed by atoms with Gasteiger partial charge in [-0.3, -0.25) is 4.79 Å². The van der Waals surface area contributed by atoms with E-state index in [1.165, 1.54) is 11.3 Å². The number of anilines is 1. The van der Waals surface area contributed by atoms with Crippen LogP contribution in [0.15, 0.2) is 39.7 Å². The van der Waals surface area contributed by atoms with Crippen LogP contribution in [0.4, 0.5) is 5.82 Å².